The Morgan fingerprint density at radius 3 is 1.43 bits per heavy atom. The molecule has 2 unspecified atom stereocenters. The smallest absolute Gasteiger partial charge is 0.316 e. The number of unbranched alkanes of at least 4 members (excludes halogenated alkanes) is 1. The molecule has 0 aromatic heterocycles. The number of rotatable bonds is 7. The van der Waals surface area contributed by atoms with Crippen LogP contribution in [0.2, 0.25) is 0 Å². The predicted octanol–water partition coefficient (Wildman–Crippen LogP) is 2.32. The Balaban J connectivity index is 3.47. The van der Waals surface area contributed by atoms with Crippen molar-refractivity contribution in [2.75, 3.05) is 0 Å². The van der Waals surface area contributed by atoms with Crippen LogP contribution in [0, 0.1) is 0 Å². The minimum Gasteiger partial charge on any atom is -0.480 e. The molecule has 0 amide bonds. The van der Waals surface area contributed by atoms with E-state index in [1.807, 2.05) is 45.2 Å². The third-order valence-corrected chi connectivity index (χ3v) is 4.01. The van der Waals surface area contributed by atoms with Gasteiger partial charge in [0, 0.05) is 0 Å². The average molecular weight is 426 g/mol. The highest BCUT2D eigenvalue weighted by atomic mass is 127. The van der Waals surface area contributed by atoms with Gasteiger partial charge in [-0.05, 0) is 12.8 Å². The van der Waals surface area contributed by atoms with Gasteiger partial charge in [-0.15, -0.1) is 0 Å². The molecule has 6 heteroatoms. The van der Waals surface area contributed by atoms with Crippen molar-refractivity contribution in [2.45, 2.75) is 33.5 Å². The Morgan fingerprint density at radius 2 is 1.21 bits per heavy atom. The van der Waals surface area contributed by atoms with E-state index in [0.717, 1.165) is 12.8 Å². The second-order valence-electron chi connectivity index (χ2n) is 2.90. The molecular weight excluding hydrogens is 414 g/mol. The van der Waals surface area contributed by atoms with E-state index >= 15 is 0 Å². The summed E-state index contributed by atoms with van der Waals surface area (Å²) in [5, 5.41) is 17.2. The van der Waals surface area contributed by atoms with E-state index in [9.17, 15) is 9.59 Å². The standard InChI is InChI=1S/C8H12I2O4/c9-5(7(11)12)3-1-2-4-6(10)8(13)14/h5-6H,1-4H2,(H,11,12)(H,13,14). The molecule has 0 heterocycles. The van der Waals surface area contributed by atoms with Gasteiger partial charge < -0.3 is 10.2 Å². The summed E-state index contributed by atoms with van der Waals surface area (Å²) < 4.78 is -0.713. The van der Waals surface area contributed by atoms with E-state index in [1.165, 1.54) is 0 Å². The monoisotopic (exact) mass is 426 g/mol. The van der Waals surface area contributed by atoms with Gasteiger partial charge in [0.15, 0.2) is 0 Å². The molecule has 4 nitrogen and oxygen atoms in total. The molecule has 82 valence electrons. The van der Waals surface area contributed by atoms with Crippen molar-refractivity contribution in [3.8, 4) is 0 Å². The highest BCUT2D eigenvalue weighted by Gasteiger charge is 2.14. The lowest BCUT2D eigenvalue weighted by atomic mass is 10.1. The molecule has 0 saturated heterocycles. The van der Waals surface area contributed by atoms with Crippen LogP contribution < -0.4 is 0 Å². The van der Waals surface area contributed by atoms with Gasteiger partial charge in [0.1, 0.15) is 7.85 Å². The predicted molar refractivity (Wildman–Crippen MR) is 69.4 cm³/mol. The Hall–Kier alpha value is 0.400. The van der Waals surface area contributed by atoms with E-state index < -0.39 is 11.9 Å². The van der Waals surface area contributed by atoms with Gasteiger partial charge in [-0.25, -0.2) is 0 Å². The van der Waals surface area contributed by atoms with Crippen molar-refractivity contribution < 1.29 is 19.8 Å². The molecule has 14 heavy (non-hydrogen) atoms. The minimum atomic E-state index is -0.796. The summed E-state index contributed by atoms with van der Waals surface area (Å²) in [7, 11) is 0. The van der Waals surface area contributed by atoms with Gasteiger partial charge in [0.05, 0.1) is 0 Å². The second-order valence-corrected chi connectivity index (χ2v) is 5.90. The van der Waals surface area contributed by atoms with Crippen molar-refractivity contribution >= 4 is 57.1 Å². The molecule has 0 aromatic carbocycles. The van der Waals surface area contributed by atoms with Gasteiger partial charge >= 0.3 is 11.9 Å². The number of carboxylic acids is 2. The largest absolute Gasteiger partial charge is 0.480 e. The molecule has 0 spiro atoms. The van der Waals surface area contributed by atoms with E-state index in [-0.39, 0.29) is 7.85 Å². The van der Waals surface area contributed by atoms with Crippen LogP contribution in [-0.4, -0.2) is 30.0 Å². The van der Waals surface area contributed by atoms with Crippen molar-refractivity contribution in [1.29, 1.82) is 0 Å². The lowest BCUT2D eigenvalue weighted by Crippen LogP contribution is -2.14. The maximum atomic E-state index is 10.4. The van der Waals surface area contributed by atoms with Crippen molar-refractivity contribution in [3.05, 3.63) is 0 Å². The van der Waals surface area contributed by atoms with E-state index in [4.69, 9.17) is 10.2 Å². The first-order valence-electron chi connectivity index (χ1n) is 4.19. The highest BCUT2D eigenvalue weighted by Crippen LogP contribution is 2.15. The van der Waals surface area contributed by atoms with Crippen LogP contribution in [0.4, 0.5) is 0 Å². The Morgan fingerprint density at radius 1 is 0.929 bits per heavy atom. The molecule has 0 aliphatic carbocycles. The molecule has 2 atom stereocenters. The van der Waals surface area contributed by atoms with Gasteiger partial charge in [-0.3, -0.25) is 9.59 Å². The number of aliphatic carboxylic acids is 2. The third kappa shape index (κ3) is 6.80. The van der Waals surface area contributed by atoms with Crippen LogP contribution in [0.1, 0.15) is 25.7 Å². The lowest BCUT2D eigenvalue weighted by molar-refractivity contribution is -0.137. The highest BCUT2D eigenvalue weighted by molar-refractivity contribution is 14.1. The Labute approximate surface area is 110 Å². The fourth-order valence-electron chi connectivity index (χ4n) is 0.894. The first-order chi connectivity index (χ1) is 6.45. The normalized spacial score (nSPS) is 14.7. The van der Waals surface area contributed by atoms with E-state index in [2.05, 4.69) is 0 Å². The number of hydrogen-bond donors (Lipinski definition) is 2. The summed E-state index contributed by atoms with van der Waals surface area (Å²) in [6.07, 6.45) is 2.76. The van der Waals surface area contributed by atoms with Crippen molar-refractivity contribution in [1.82, 2.24) is 0 Å². The number of hydrogen-bond acceptors (Lipinski definition) is 2. The molecule has 0 aliphatic rings. The molecular formula is C8H12I2O4. The molecule has 0 aromatic rings. The fourth-order valence-corrected chi connectivity index (χ4v) is 1.77. The maximum Gasteiger partial charge on any atom is 0.316 e. The number of halogens is 2. The minimum absolute atomic E-state index is 0.356. The first-order valence-corrected chi connectivity index (χ1v) is 6.68. The van der Waals surface area contributed by atoms with Gasteiger partial charge in [-0.2, -0.15) is 0 Å². The third-order valence-electron chi connectivity index (χ3n) is 1.70. The molecule has 0 fully saturated rings. The molecule has 2 N–H and O–H groups in total. The summed E-state index contributed by atoms with van der Waals surface area (Å²) in [5.74, 6) is -1.59. The fraction of sp³-hybridized carbons (Fsp3) is 0.750. The van der Waals surface area contributed by atoms with Crippen LogP contribution in [0.15, 0.2) is 0 Å². The zero-order chi connectivity index (χ0) is 11.1. The second kappa shape index (κ2) is 7.66. The van der Waals surface area contributed by atoms with Crippen molar-refractivity contribution in [2.24, 2.45) is 0 Å². The summed E-state index contributed by atoms with van der Waals surface area (Å²) in [6, 6.07) is 0. The Kier molecular flexibility index (Phi) is 7.88. The molecule has 0 bridgehead atoms. The summed E-state index contributed by atoms with van der Waals surface area (Å²) >= 11 is 3.77. The molecule has 0 radical (unpaired) electrons. The zero-order valence-corrected chi connectivity index (χ0v) is 11.8. The number of carboxylic acid groups (broad SMARTS) is 2. The first kappa shape index (κ1) is 14.4. The van der Waals surface area contributed by atoms with Crippen LogP contribution >= 0.6 is 45.2 Å². The number of alkyl halides is 2. The van der Waals surface area contributed by atoms with Gasteiger partial charge in [-0.1, -0.05) is 58.0 Å². The quantitative estimate of drug-likeness (QED) is 0.373. The Bertz CT molecular complexity index is 186. The molecule has 0 aliphatic heterocycles. The average Bonchev–Trinajstić information content (AvgIpc) is 2.11. The maximum absolute atomic E-state index is 10.4. The summed E-state index contributed by atoms with van der Waals surface area (Å²) in [6.45, 7) is 0. The van der Waals surface area contributed by atoms with Gasteiger partial charge in [0.2, 0.25) is 0 Å². The molecule has 0 rings (SSSR count). The lowest BCUT2D eigenvalue weighted by Gasteiger charge is -2.05. The van der Waals surface area contributed by atoms with Crippen LogP contribution in [-0.2, 0) is 9.59 Å². The van der Waals surface area contributed by atoms with Crippen LogP contribution in [0.3, 0.4) is 0 Å². The summed E-state index contributed by atoms with van der Waals surface area (Å²) in [5.41, 5.74) is 0. The van der Waals surface area contributed by atoms with Crippen LogP contribution in [0.5, 0.6) is 0 Å². The topological polar surface area (TPSA) is 74.6 Å². The van der Waals surface area contributed by atoms with E-state index in [0.29, 0.717) is 12.8 Å². The van der Waals surface area contributed by atoms with E-state index in [1.54, 1.807) is 0 Å². The van der Waals surface area contributed by atoms with Gasteiger partial charge in [0.25, 0.3) is 0 Å². The van der Waals surface area contributed by atoms with Crippen molar-refractivity contribution in [3.63, 3.8) is 0 Å². The zero-order valence-electron chi connectivity index (χ0n) is 7.45. The molecule has 0 saturated carbocycles. The summed E-state index contributed by atoms with van der Waals surface area (Å²) in [4.78, 5) is 20.9. The SMILES string of the molecule is O=C(O)C(I)CCCCC(I)C(=O)O. The number of carbonyl (C=O) groups is 2. The van der Waals surface area contributed by atoms with Crippen LogP contribution in [0.25, 0.3) is 0 Å².